The highest BCUT2D eigenvalue weighted by atomic mass is 35.5. The van der Waals surface area contributed by atoms with E-state index in [-0.39, 0.29) is 12.5 Å². The van der Waals surface area contributed by atoms with E-state index < -0.39 is 0 Å². The zero-order valence-corrected chi connectivity index (χ0v) is 11.8. The lowest BCUT2D eigenvalue weighted by atomic mass is 10.2. The fraction of sp³-hybridized carbons (Fsp3) is 0.133. The van der Waals surface area contributed by atoms with Crippen LogP contribution >= 0.6 is 11.6 Å². The van der Waals surface area contributed by atoms with Gasteiger partial charge in [0.05, 0.1) is 10.7 Å². The van der Waals surface area contributed by atoms with Crippen molar-refractivity contribution in [3.8, 4) is 5.75 Å². The first-order valence-corrected chi connectivity index (χ1v) is 6.47. The molecule has 0 heterocycles. The maximum atomic E-state index is 11.8. The number of carbonyl (C=O) groups is 1. The van der Waals surface area contributed by atoms with Crippen molar-refractivity contribution in [2.45, 2.75) is 6.92 Å². The molecule has 0 radical (unpaired) electrons. The van der Waals surface area contributed by atoms with Crippen LogP contribution < -0.4 is 15.8 Å². The summed E-state index contributed by atoms with van der Waals surface area (Å²) in [7, 11) is 0. The molecule has 2 aromatic rings. The van der Waals surface area contributed by atoms with Crippen molar-refractivity contribution < 1.29 is 9.53 Å². The highest BCUT2D eigenvalue weighted by Crippen LogP contribution is 2.22. The van der Waals surface area contributed by atoms with Crippen molar-refractivity contribution >= 4 is 28.9 Å². The van der Waals surface area contributed by atoms with E-state index in [4.69, 9.17) is 22.1 Å². The minimum atomic E-state index is -0.269. The van der Waals surface area contributed by atoms with Gasteiger partial charge in [0, 0.05) is 5.69 Å². The molecule has 0 aromatic heterocycles. The van der Waals surface area contributed by atoms with Crippen LogP contribution in [0.25, 0.3) is 0 Å². The van der Waals surface area contributed by atoms with Crippen LogP contribution in [0.15, 0.2) is 42.5 Å². The molecule has 3 N–H and O–H groups in total. The predicted octanol–water partition coefficient (Wildman–Crippen LogP) is 3.25. The summed E-state index contributed by atoms with van der Waals surface area (Å²) in [4.78, 5) is 11.8. The summed E-state index contributed by atoms with van der Waals surface area (Å²) in [5, 5.41) is 3.21. The van der Waals surface area contributed by atoms with Gasteiger partial charge < -0.3 is 15.8 Å². The number of carbonyl (C=O) groups excluding carboxylic acids is 1. The second-order valence-corrected chi connectivity index (χ2v) is 4.80. The number of hydrogen-bond acceptors (Lipinski definition) is 3. The standard InChI is InChI=1S/C15H15ClN2O2/c1-10-2-7-13(16)14(8-10)18-15(19)9-20-12-5-3-11(17)4-6-12/h2-8H,9,17H2,1H3,(H,18,19). The van der Waals surface area contributed by atoms with E-state index in [1.54, 1.807) is 30.3 Å². The second kappa shape index (κ2) is 6.30. The fourth-order valence-corrected chi connectivity index (χ4v) is 1.80. The lowest BCUT2D eigenvalue weighted by molar-refractivity contribution is -0.118. The van der Waals surface area contributed by atoms with Crippen LogP contribution in [0.4, 0.5) is 11.4 Å². The molecule has 0 unspecified atom stereocenters. The number of benzene rings is 2. The largest absolute Gasteiger partial charge is 0.484 e. The molecule has 0 aliphatic rings. The lowest BCUT2D eigenvalue weighted by Crippen LogP contribution is -2.20. The summed E-state index contributed by atoms with van der Waals surface area (Å²) >= 11 is 6.01. The SMILES string of the molecule is Cc1ccc(Cl)c(NC(=O)COc2ccc(N)cc2)c1. The van der Waals surface area contributed by atoms with E-state index in [0.29, 0.717) is 22.1 Å². The van der Waals surface area contributed by atoms with E-state index in [9.17, 15) is 4.79 Å². The van der Waals surface area contributed by atoms with Gasteiger partial charge in [0.2, 0.25) is 0 Å². The summed E-state index contributed by atoms with van der Waals surface area (Å²) in [5.74, 6) is 0.319. The maximum absolute atomic E-state index is 11.8. The molecular weight excluding hydrogens is 276 g/mol. The maximum Gasteiger partial charge on any atom is 0.262 e. The van der Waals surface area contributed by atoms with E-state index in [1.807, 2.05) is 19.1 Å². The number of ether oxygens (including phenoxy) is 1. The van der Waals surface area contributed by atoms with Gasteiger partial charge in [-0.15, -0.1) is 0 Å². The van der Waals surface area contributed by atoms with Crippen molar-refractivity contribution in [3.63, 3.8) is 0 Å². The summed E-state index contributed by atoms with van der Waals surface area (Å²) in [6, 6.07) is 12.3. The highest BCUT2D eigenvalue weighted by Gasteiger charge is 2.07. The Labute approximate surface area is 122 Å². The van der Waals surface area contributed by atoms with Gasteiger partial charge in [-0.1, -0.05) is 17.7 Å². The summed E-state index contributed by atoms with van der Waals surface area (Å²) in [5.41, 5.74) is 7.81. The third-order valence-electron chi connectivity index (χ3n) is 2.65. The van der Waals surface area contributed by atoms with Gasteiger partial charge >= 0.3 is 0 Å². The number of nitrogens with one attached hydrogen (secondary N) is 1. The average Bonchev–Trinajstić information content (AvgIpc) is 2.42. The van der Waals surface area contributed by atoms with Gasteiger partial charge in [-0.25, -0.2) is 0 Å². The first-order chi connectivity index (χ1) is 9.54. The predicted molar refractivity (Wildman–Crippen MR) is 81.2 cm³/mol. The molecule has 0 aliphatic heterocycles. The average molecular weight is 291 g/mol. The Morgan fingerprint density at radius 3 is 2.65 bits per heavy atom. The van der Waals surface area contributed by atoms with Crippen LogP contribution in [0.5, 0.6) is 5.75 Å². The van der Waals surface area contributed by atoms with Crippen molar-refractivity contribution in [2.75, 3.05) is 17.7 Å². The fourth-order valence-electron chi connectivity index (χ4n) is 1.63. The number of hydrogen-bond donors (Lipinski definition) is 2. The number of aryl methyl sites for hydroxylation is 1. The van der Waals surface area contributed by atoms with Crippen molar-refractivity contribution in [3.05, 3.63) is 53.1 Å². The molecule has 0 atom stereocenters. The number of rotatable bonds is 4. The minimum absolute atomic E-state index is 0.0891. The van der Waals surface area contributed by atoms with E-state index >= 15 is 0 Å². The molecule has 2 aromatic carbocycles. The quantitative estimate of drug-likeness (QED) is 0.850. The van der Waals surface area contributed by atoms with Crippen LogP contribution in [-0.2, 0) is 4.79 Å². The zero-order valence-electron chi connectivity index (χ0n) is 11.0. The van der Waals surface area contributed by atoms with Crippen LogP contribution in [-0.4, -0.2) is 12.5 Å². The van der Waals surface area contributed by atoms with Crippen LogP contribution in [0.3, 0.4) is 0 Å². The Balaban J connectivity index is 1.92. The summed E-state index contributed by atoms with van der Waals surface area (Å²) in [6.45, 7) is 1.84. The molecule has 0 saturated heterocycles. The molecule has 1 amide bonds. The molecule has 104 valence electrons. The van der Waals surface area contributed by atoms with Crippen LogP contribution in [0.1, 0.15) is 5.56 Å². The van der Waals surface area contributed by atoms with Crippen molar-refractivity contribution in [1.82, 2.24) is 0 Å². The lowest BCUT2D eigenvalue weighted by Gasteiger charge is -2.09. The smallest absolute Gasteiger partial charge is 0.262 e. The van der Waals surface area contributed by atoms with E-state index in [2.05, 4.69) is 5.32 Å². The third kappa shape index (κ3) is 3.90. The second-order valence-electron chi connectivity index (χ2n) is 4.39. The molecule has 0 fully saturated rings. The van der Waals surface area contributed by atoms with Gasteiger partial charge in [0.1, 0.15) is 5.75 Å². The van der Waals surface area contributed by atoms with Gasteiger partial charge in [0.25, 0.3) is 5.91 Å². The molecule has 0 aliphatic carbocycles. The first kappa shape index (κ1) is 14.2. The Hall–Kier alpha value is -2.20. The Bertz CT molecular complexity index is 612. The number of amides is 1. The van der Waals surface area contributed by atoms with Crippen molar-refractivity contribution in [1.29, 1.82) is 0 Å². The number of nitrogen functional groups attached to an aromatic ring is 1. The molecule has 0 bridgehead atoms. The van der Waals surface area contributed by atoms with Gasteiger partial charge in [-0.05, 0) is 48.9 Å². The molecular formula is C15H15ClN2O2. The highest BCUT2D eigenvalue weighted by molar-refractivity contribution is 6.33. The molecule has 2 rings (SSSR count). The van der Waals surface area contributed by atoms with E-state index in [0.717, 1.165) is 5.56 Å². The normalized spacial score (nSPS) is 10.1. The Kier molecular flexibility index (Phi) is 4.48. The summed E-state index contributed by atoms with van der Waals surface area (Å²) < 4.78 is 5.35. The minimum Gasteiger partial charge on any atom is -0.484 e. The number of anilines is 2. The van der Waals surface area contributed by atoms with E-state index in [1.165, 1.54) is 0 Å². The Morgan fingerprint density at radius 1 is 1.25 bits per heavy atom. The van der Waals surface area contributed by atoms with Crippen molar-refractivity contribution in [2.24, 2.45) is 0 Å². The van der Waals surface area contributed by atoms with Gasteiger partial charge in [0.15, 0.2) is 6.61 Å². The first-order valence-electron chi connectivity index (χ1n) is 6.09. The van der Waals surface area contributed by atoms with Crippen LogP contribution in [0.2, 0.25) is 5.02 Å². The summed E-state index contributed by atoms with van der Waals surface area (Å²) in [6.07, 6.45) is 0. The Morgan fingerprint density at radius 2 is 1.95 bits per heavy atom. The molecule has 5 heteroatoms. The topological polar surface area (TPSA) is 64.3 Å². The molecule has 0 spiro atoms. The number of halogens is 1. The third-order valence-corrected chi connectivity index (χ3v) is 2.98. The zero-order chi connectivity index (χ0) is 14.5. The monoisotopic (exact) mass is 290 g/mol. The molecule has 20 heavy (non-hydrogen) atoms. The van der Waals surface area contributed by atoms with Crippen LogP contribution in [0, 0.1) is 6.92 Å². The molecule has 4 nitrogen and oxygen atoms in total. The molecule has 0 saturated carbocycles. The van der Waals surface area contributed by atoms with Gasteiger partial charge in [-0.3, -0.25) is 4.79 Å². The number of nitrogens with two attached hydrogens (primary N) is 1. The van der Waals surface area contributed by atoms with Gasteiger partial charge in [-0.2, -0.15) is 0 Å².